The molecule has 0 aromatic rings. The van der Waals surface area contributed by atoms with E-state index in [1.165, 1.54) is 19.3 Å². The van der Waals surface area contributed by atoms with Gasteiger partial charge in [0.15, 0.2) is 0 Å². The van der Waals surface area contributed by atoms with Crippen LogP contribution in [0.4, 0.5) is 0 Å². The molecule has 0 aliphatic rings. The number of rotatable bonds is 10. The molecule has 0 aliphatic carbocycles. The lowest BCUT2D eigenvalue weighted by atomic mass is 10.1. The average molecular weight is 229 g/mol. The van der Waals surface area contributed by atoms with Gasteiger partial charge in [0.2, 0.25) is 0 Å². The Bertz CT molecular complexity index is 155. The van der Waals surface area contributed by atoms with Crippen molar-refractivity contribution in [1.29, 1.82) is 0 Å². The molecule has 0 aliphatic heterocycles. The lowest BCUT2D eigenvalue weighted by molar-refractivity contribution is -0.0216. The lowest BCUT2D eigenvalue weighted by Crippen LogP contribution is -2.24. The Kier molecular flexibility index (Phi) is 8.96. The molecule has 1 N–H and O–H groups in total. The number of ether oxygens (including phenoxy) is 1. The van der Waals surface area contributed by atoms with Crippen LogP contribution in [-0.2, 0) is 4.74 Å². The van der Waals surface area contributed by atoms with E-state index in [0.717, 1.165) is 32.0 Å². The second kappa shape index (κ2) is 9.00. The topological polar surface area (TPSA) is 21.3 Å². The normalized spacial score (nSPS) is 12.4. The summed E-state index contributed by atoms with van der Waals surface area (Å²) in [5.41, 5.74) is 0.0654. The molecule has 0 radical (unpaired) electrons. The summed E-state index contributed by atoms with van der Waals surface area (Å²) in [5.74, 6) is 0.758. The van der Waals surface area contributed by atoms with E-state index < -0.39 is 0 Å². The average Bonchev–Trinajstić information content (AvgIpc) is 2.21. The van der Waals surface area contributed by atoms with Gasteiger partial charge in [-0.2, -0.15) is 0 Å². The van der Waals surface area contributed by atoms with Crippen LogP contribution in [0.5, 0.6) is 0 Å². The van der Waals surface area contributed by atoms with Gasteiger partial charge in [-0.3, -0.25) is 0 Å². The molecule has 0 saturated carbocycles. The fourth-order valence-electron chi connectivity index (χ4n) is 1.37. The van der Waals surface area contributed by atoms with Crippen molar-refractivity contribution in [2.45, 2.75) is 65.9 Å². The van der Waals surface area contributed by atoms with Crippen LogP contribution in [0.3, 0.4) is 0 Å². The molecule has 2 heteroatoms. The minimum absolute atomic E-state index is 0.0654. The van der Waals surface area contributed by atoms with E-state index >= 15 is 0 Å². The predicted molar refractivity (Wildman–Crippen MR) is 71.9 cm³/mol. The van der Waals surface area contributed by atoms with E-state index in [0.29, 0.717) is 0 Å². The molecule has 0 spiro atoms. The van der Waals surface area contributed by atoms with E-state index in [1.807, 2.05) is 0 Å². The second-order valence-electron chi connectivity index (χ2n) is 5.62. The van der Waals surface area contributed by atoms with Crippen molar-refractivity contribution in [3.05, 3.63) is 0 Å². The molecule has 0 heterocycles. The molecule has 0 bridgehead atoms. The zero-order valence-electron chi connectivity index (χ0n) is 11.9. The van der Waals surface area contributed by atoms with Crippen LogP contribution in [-0.4, -0.2) is 25.3 Å². The van der Waals surface area contributed by atoms with Crippen molar-refractivity contribution in [2.24, 2.45) is 5.92 Å². The van der Waals surface area contributed by atoms with Crippen LogP contribution in [0.2, 0.25) is 0 Å². The maximum absolute atomic E-state index is 5.80. The quantitative estimate of drug-likeness (QED) is 0.578. The van der Waals surface area contributed by atoms with E-state index in [-0.39, 0.29) is 5.60 Å². The summed E-state index contributed by atoms with van der Waals surface area (Å²) in [6, 6.07) is 0. The molecule has 0 fully saturated rings. The first-order valence-corrected chi connectivity index (χ1v) is 6.82. The largest absolute Gasteiger partial charge is 0.376 e. The second-order valence-corrected chi connectivity index (χ2v) is 5.62. The highest BCUT2D eigenvalue weighted by Gasteiger charge is 2.13. The van der Waals surface area contributed by atoms with Gasteiger partial charge in [0.05, 0.1) is 5.60 Å². The molecule has 0 aromatic heterocycles. The van der Waals surface area contributed by atoms with Crippen LogP contribution in [0.15, 0.2) is 0 Å². The first-order valence-electron chi connectivity index (χ1n) is 6.82. The minimum Gasteiger partial charge on any atom is -0.376 e. The van der Waals surface area contributed by atoms with E-state index in [2.05, 4.69) is 39.9 Å². The third kappa shape index (κ3) is 10.4. The molecule has 0 saturated heterocycles. The summed E-state index contributed by atoms with van der Waals surface area (Å²) in [5, 5.41) is 3.46. The fraction of sp³-hybridized carbons (Fsp3) is 1.00. The molecule has 0 aromatic carbocycles. The molecular weight excluding hydrogens is 198 g/mol. The zero-order chi connectivity index (χ0) is 12.4. The Balaban J connectivity index is 3.16. The predicted octanol–water partition coefficient (Wildman–Crippen LogP) is 3.61. The summed E-state index contributed by atoms with van der Waals surface area (Å²) in [4.78, 5) is 0. The van der Waals surface area contributed by atoms with Gasteiger partial charge < -0.3 is 10.1 Å². The monoisotopic (exact) mass is 229 g/mol. The maximum atomic E-state index is 5.80. The Morgan fingerprint density at radius 3 is 2.38 bits per heavy atom. The third-order valence-electron chi connectivity index (χ3n) is 2.89. The Morgan fingerprint density at radius 1 is 1.12 bits per heavy atom. The summed E-state index contributed by atoms with van der Waals surface area (Å²) in [6.45, 7) is 14.2. The molecule has 16 heavy (non-hydrogen) atoms. The van der Waals surface area contributed by atoms with Crippen molar-refractivity contribution >= 4 is 0 Å². The molecule has 0 rings (SSSR count). The van der Waals surface area contributed by atoms with Crippen molar-refractivity contribution < 1.29 is 4.74 Å². The summed E-state index contributed by atoms with van der Waals surface area (Å²) >= 11 is 0. The Hall–Kier alpha value is -0.0800. The zero-order valence-corrected chi connectivity index (χ0v) is 11.9. The van der Waals surface area contributed by atoms with Crippen molar-refractivity contribution in [3.8, 4) is 0 Å². The number of hydrogen-bond donors (Lipinski definition) is 1. The van der Waals surface area contributed by atoms with Crippen LogP contribution in [0.25, 0.3) is 0 Å². The van der Waals surface area contributed by atoms with Gasteiger partial charge in [0, 0.05) is 6.61 Å². The summed E-state index contributed by atoms with van der Waals surface area (Å²) in [7, 11) is 0. The summed E-state index contributed by atoms with van der Waals surface area (Å²) in [6.07, 6.45) is 4.81. The highest BCUT2D eigenvalue weighted by Crippen LogP contribution is 2.14. The first-order chi connectivity index (χ1) is 7.48. The minimum atomic E-state index is 0.0654. The summed E-state index contributed by atoms with van der Waals surface area (Å²) < 4.78 is 5.80. The van der Waals surface area contributed by atoms with Gasteiger partial charge >= 0.3 is 0 Å². The molecule has 0 amide bonds. The van der Waals surface area contributed by atoms with Gasteiger partial charge in [-0.25, -0.2) is 0 Å². The molecule has 0 atom stereocenters. The van der Waals surface area contributed by atoms with Crippen LogP contribution >= 0.6 is 0 Å². The van der Waals surface area contributed by atoms with Gasteiger partial charge in [0.1, 0.15) is 0 Å². The molecular formula is C14H31NO. The molecule has 0 unspecified atom stereocenters. The Labute approximate surface area is 102 Å². The van der Waals surface area contributed by atoms with E-state index in [9.17, 15) is 0 Å². The van der Waals surface area contributed by atoms with E-state index in [4.69, 9.17) is 4.74 Å². The fourth-order valence-corrected chi connectivity index (χ4v) is 1.37. The van der Waals surface area contributed by atoms with Crippen molar-refractivity contribution in [2.75, 3.05) is 19.7 Å². The van der Waals surface area contributed by atoms with Crippen LogP contribution < -0.4 is 5.32 Å². The van der Waals surface area contributed by atoms with Crippen molar-refractivity contribution in [3.63, 3.8) is 0 Å². The molecule has 2 nitrogen and oxygen atoms in total. The SMILES string of the molecule is CCC(C)(C)OCCCCCNCC(C)C. The lowest BCUT2D eigenvalue weighted by Gasteiger charge is -2.23. The number of unbranched alkanes of at least 4 members (excludes halogenated alkanes) is 2. The van der Waals surface area contributed by atoms with E-state index in [1.54, 1.807) is 0 Å². The Morgan fingerprint density at radius 2 is 1.81 bits per heavy atom. The highest BCUT2D eigenvalue weighted by molar-refractivity contribution is 4.64. The number of nitrogens with one attached hydrogen (secondary N) is 1. The maximum Gasteiger partial charge on any atom is 0.0623 e. The molecule has 98 valence electrons. The smallest absolute Gasteiger partial charge is 0.0623 e. The van der Waals surface area contributed by atoms with Crippen LogP contribution in [0.1, 0.15) is 60.3 Å². The van der Waals surface area contributed by atoms with Crippen molar-refractivity contribution in [1.82, 2.24) is 5.32 Å². The van der Waals surface area contributed by atoms with Gasteiger partial charge in [-0.15, -0.1) is 0 Å². The standard InChI is InChI=1S/C14H31NO/c1-6-14(4,5)16-11-9-7-8-10-15-12-13(2)3/h13,15H,6-12H2,1-5H3. The first kappa shape index (κ1) is 15.9. The third-order valence-corrected chi connectivity index (χ3v) is 2.89. The van der Waals surface area contributed by atoms with Gasteiger partial charge in [0.25, 0.3) is 0 Å². The number of hydrogen-bond acceptors (Lipinski definition) is 2. The highest BCUT2D eigenvalue weighted by atomic mass is 16.5. The van der Waals surface area contributed by atoms with Crippen LogP contribution in [0, 0.1) is 5.92 Å². The van der Waals surface area contributed by atoms with Gasteiger partial charge in [-0.05, 0) is 58.5 Å². The van der Waals surface area contributed by atoms with Gasteiger partial charge in [-0.1, -0.05) is 20.8 Å².